The number of hydrogen-bond acceptors (Lipinski definition) is 5. The molecule has 0 unspecified atom stereocenters. The summed E-state index contributed by atoms with van der Waals surface area (Å²) in [6.45, 7) is 4.67. The third kappa shape index (κ3) is 2.93. The second kappa shape index (κ2) is 6.52. The van der Waals surface area contributed by atoms with E-state index in [1.807, 2.05) is 36.1 Å². The van der Waals surface area contributed by atoms with Gasteiger partial charge < -0.3 is 20.1 Å². The van der Waals surface area contributed by atoms with Crippen molar-refractivity contribution in [2.75, 3.05) is 33.3 Å². The van der Waals surface area contributed by atoms with Crippen LogP contribution in [0.4, 0.5) is 0 Å². The minimum Gasteiger partial charge on any atom is -0.497 e. The molecule has 138 valence electrons. The fourth-order valence-electron chi connectivity index (χ4n) is 4.22. The molecular weight excluding hydrogens is 330 g/mol. The zero-order valence-electron chi connectivity index (χ0n) is 15.3. The van der Waals surface area contributed by atoms with E-state index in [1.165, 1.54) is 0 Å². The van der Waals surface area contributed by atoms with E-state index >= 15 is 0 Å². The van der Waals surface area contributed by atoms with Crippen LogP contribution in [0, 0.1) is 12.8 Å². The minimum absolute atomic E-state index is 0.0123. The number of methoxy groups -OCH3 is 1. The van der Waals surface area contributed by atoms with Crippen LogP contribution in [0.2, 0.25) is 0 Å². The maximum absolute atomic E-state index is 13.3. The fourth-order valence-corrected chi connectivity index (χ4v) is 4.22. The number of rotatable bonds is 2. The van der Waals surface area contributed by atoms with Crippen LogP contribution in [0.3, 0.4) is 0 Å². The van der Waals surface area contributed by atoms with Crippen molar-refractivity contribution in [2.45, 2.75) is 25.4 Å². The fraction of sp³-hybridized carbons (Fsp3) is 0.500. The van der Waals surface area contributed by atoms with E-state index in [9.17, 15) is 9.90 Å². The van der Waals surface area contributed by atoms with Crippen LogP contribution in [-0.4, -0.2) is 59.8 Å². The Morgan fingerprint density at radius 2 is 2.23 bits per heavy atom. The van der Waals surface area contributed by atoms with Crippen LogP contribution in [0.15, 0.2) is 24.3 Å². The Balaban J connectivity index is 1.66. The Morgan fingerprint density at radius 1 is 1.38 bits per heavy atom. The highest BCUT2D eigenvalue weighted by molar-refractivity contribution is 6.06. The summed E-state index contributed by atoms with van der Waals surface area (Å²) in [7, 11) is 1.62. The third-order valence-corrected chi connectivity index (χ3v) is 5.80. The molecule has 26 heavy (non-hydrogen) atoms. The summed E-state index contributed by atoms with van der Waals surface area (Å²) in [5.41, 5.74) is 1.61. The molecule has 2 fully saturated rings. The highest BCUT2D eigenvalue weighted by Crippen LogP contribution is 2.34. The Kier molecular flexibility index (Phi) is 4.32. The number of likely N-dealkylation sites (tertiary alicyclic amines) is 1. The number of amides is 1. The summed E-state index contributed by atoms with van der Waals surface area (Å²) in [6, 6.07) is 7.47. The molecule has 0 saturated carbocycles. The number of piperidine rings is 2. The first-order chi connectivity index (χ1) is 12.5. The van der Waals surface area contributed by atoms with Gasteiger partial charge in [0.25, 0.3) is 5.91 Å². The first kappa shape index (κ1) is 17.2. The van der Waals surface area contributed by atoms with Gasteiger partial charge in [-0.3, -0.25) is 9.78 Å². The number of aliphatic hydroxyl groups is 1. The molecule has 0 spiro atoms. The number of aryl methyl sites for hydroxylation is 1. The molecule has 1 aromatic carbocycles. The Bertz CT molecular complexity index is 854. The van der Waals surface area contributed by atoms with Crippen molar-refractivity contribution in [3.8, 4) is 5.75 Å². The number of nitrogens with one attached hydrogen (secondary N) is 1. The lowest BCUT2D eigenvalue weighted by atomic mass is 9.76. The number of carbonyl (C=O) groups is 1. The SMILES string of the molecule is COc1ccc2c(C(=O)N3CC[C@@]4(O)CCNC[C@H]4C3)cc(C)nc2c1. The molecule has 6 heteroatoms. The van der Waals surface area contributed by atoms with Crippen LogP contribution >= 0.6 is 0 Å². The molecule has 2 saturated heterocycles. The molecular formula is C20H25N3O3. The highest BCUT2D eigenvalue weighted by Gasteiger charge is 2.44. The van der Waals surface area contributed by atoms with E-state index in [-0.39, 0.29) is 11.8 Å². The van der Waals surface area contributed by atoms with Crippen molar-refractivity contribution >= 4 is 16.8 Å². The van der Waals surface area contributed by atoms with E-state index in [1.54, 1.807) is 7.11 Å². The maximum atomic E-state index is 13.3. The van der Waals surface area contributed by atoms with E-state index < -0.39 is 5.60 Å². The normalized spacial score (nSPS) is 25.8. The number of carbonyl (C=O) groups excluding carboxylic acids is 1. The molecule has 6 nitrogen and oxygen atoms in total. The van der Waals surface area contributed by atoms with Crippen LogP contribution in [0.25, 0.3) is 10.9 Å². The number of fused-ring (bicyclic) bond motifs is 2. The molecule has 2 aliphatic heterocycles. The molecule has 2 N–H and O–H groups in total. The average molecular weight is 355 g/mol. The lowest BCUT2D eigenvalue weighted by Crippen LogP contribution is -2.59. The Morgan fingerprint density at radius 3 is 3.04 bits per heavy atom. The van der Waals surface area contributed by atoms with Gasteiger partial charge >= 0.3 is 0 Å². The molecule has 0 radical (unpaired) electrons. The number of benzene rings is 1. The van der Waals surface area contributed by atoms with Crippen molar-refractivity contribution < 1.29 is 14.6 Å². The Hall–Kier alpha value is -2.18. The summed E-state index contributed by atoms with van der Waals surface area (Å²) in [4.78, 5) is 19.7. The summed E-state index contributed by atoms with van der Waals surface area (Å²) in [6.07, 6.45) is 1.40. The molecule has 0 bridgehead atoms. The quantitative estimate of drug-likeness (QED) is 0.858. The standard InChI is InChI=1S/C20H25N3O3/c1-13-9-17(16-4-3-15(26-2)10-18(16)22-13)19(24)23-8-6-20(25)5-7-21-11-14(20)12-23/h3-4,9-10,14,21,25H,5-8,11-12H2,1-2H3/t14-,20-/m0/s1. The number of ether oxygens (including phenoxy) is 1. The van der Waals surface area contributed by atoms with E-state index in [4.69, 9.17) is 4.74 Å². The smallest absolute Gasteiger partial charge is 0.254 e. The van der Waals surface area contributed by atoms with Crippen LogP contribution in [0.5, 0.6) is 5.75 Å². The van der Waals surface area contributed by atoms with Crippen LogP contribution in [-0.2, 0) is 0 Å². The molecule has 3 heterocycles. The summed E-state index contributed by atoms with van der Waals surface area (Å²) < 4.78 is 5.28. The molecule has 2 atom stereocenters. The van der Waals surface area contributed by atoms with Crippen molar-refractivity contribution in [1.82, 2.24) is 15.2 Å². The summed E-state index contributed by atoms with van der Waals surface area (Å²) in [5.74, 6) is 0.826. The lowest BCUT2D eigenvalue weighted by Gasteiger charge is -2.47. The van der Waals surface area contributed by atoms with Crippen LogP contribution in [0.1, 0.15) is 28.9 Å². The number of nitrogens with zero attached hydrogens (tertiary/aromatic N) is 2. The first-order valence-corrected chi connectivity index (χ1v) is 9.18. The second-order valence-corrected chi connectivity index (χ2v) is 7.45. The van der Waals surface area contributed by atoms with Gasteiger partial charge in [0.2, 0.25) is 0 Å². The van der Waals surface area contributed by atoms with Crippen molar-refractivity contribution in [3.05, 3.63) is 35.5 Å². The highest BCUT2D eigenvalue weighted by atomic mass is 16.5. The number of pyridine rings is 1. The predicted octanol–water partition coefficient (Wildman–Crippen LogP) is 1.74. The van der Waals surface area contributed by atoms with Crippen molar-refractivity contribution in [1.29, 1.82) is 0 Å². The zero-order valence-corrected chi connectivity index (χ0v) is 15.3. The van der Waals surface area contributed by atoms with E-state index in [0.29, 0.717) is 25.1 Å². The van der Waals surface area contributed by atoms with Crippen molar-refractivity contribution in [3.63, 3.8) is 0 Å². The summed E-state index contributed by atoms with van der Waals surface area (Å²) >= 11 is 0. The minimum atomic E-state index is -0.633. The molecule has 4 rings (SSSR count). The van der Waals surface area contributed by atoms with Gasteiger partial charge in [0.05, 0.1) is 23.8 Å². The first-order valence-electron chi connectivity index (χ1n) is 9.18. The molecule has 2 aromatic rings. The van der Waals surface area contributed by atoms with Gasteiger partial charge in [-0.15, -0.1) is 0 Å². The molecule has 1 aromatic heterocycles. The van der Waals surface area contributed by atoms with Gasteiger partial charge in [-0.05, 0) is 44.5 Å². The van der Waals surface area contributed by atoms with Gasteiger partial charge in [-0.1, -0.05) is 0 Å². The maximum Gasteiger partial charge on any atom is 0.254 e. The zero-order chi connectivity index (χ0) is 18.3. The topological polar surface area (TPSA) is 74.7 Å². The van der Waals surface area contributed by atoms with Gasteiger partial charge in [0.15, 0.2) is 0 Å². The lowest BCUT2D eigenvalue weighted by molar-refractivity contribution is -0.0817. The third-order valence-electron chi connectivity index (χ3n) is 5.80. The summed E-state index contributed by atoms with van der Waals surface area (Å²) in [5, 5.41) is 15.0. The van der Waals surface area contributed by atoms with Crippen molar-refractivity contribution in [2.24, 2.45) is 5.92 Å². The van der Waals surface area contributed by atoms with E-state index in [0.717, 1.165) is 41.9 Å². The molecule has 0 aliphatic carbocycles. The number of hydrogen-bond donors (Lipinski definition) is 2. The second-order valence-electron chi connectivity index (χ2n) is 7.45. The number of aromatic nitrogens is 1. The van der Waals surface area contributed by atoms with Gasteiger partial charge in [0.1, 0.15) is 5.75 Å². The predicted molar refractivity (Wildman–Crippen MR) is 99.5 cm³/mol. The monoisotopic (exact) mass is 355 g/mol. The van der Waals surface area contributed by atoms with Gasteiger partial charge in [-0.2, -0.15) is 0 Å². The van der Waals surface area contributed by atoms with E-state index in [2.05, 4.69) is 10.3 Å². The molecule has 1 amide bonds. The Labute approximate surface area is 153 Å². The molecule has 2 aliphatic rings. The van der Waals surface area contributed by atoms with Gasteiger partial charge in [-0.25, -0.2) is 0 Å². The average Bonchev–Trinajstić information content (AvgIpc) is 2.65. The largest absolute Gasteiger partial charge is 0.497 e. The van der Waals surface area contributed by atoms with Crippen LogP contribution < -0.4 is 10.1 Å². The van der Waals surface area contributed by atoms with Gasteiger partial charge in [0, 0.05) is 42.7 Å².